The standard InChI is InChI=1S/C9H8N2O2/c10-9(11)8-3-5-1-2-6(12)4-7(5)13-8/h1-4,12H,(H3,10,11). The number of nitrogens with one attached hydrogen (secondary N) is 1. The molecule has 1 aromatic heterocycles. The largest absolute Gasteiger partial charge is 0.508 e. The van der Waals surface area contributed by atoms with Gasteiger partial charge in [-0.2, -0.15) is 0 Å². The second-order valence-corrected chi connectivity index (χ2v) is 2.75. The molecule has 0 amide bonds. The van der Waals surface area contributed by atoms with Crippen LogP contribution in [0.25, 0.3) is 11.0 Å². The summed E-state index contributed by atoms with van der Waals surface area (Å²) in [6.07, 6.45) is 0. The van der Waals surface area contributed by atoms with Crippen molar-refractivity contribution in [3.05, 3.63) is 30.0 Å². The molecule has 0 aliphatic rings. The minimum absolute atomic E-state index is 0.115. The van der Waals surface area contributed by atoms with Crippen molar-refractivity contribution in [3.63, 3.8) is 0 Å². The average molecular weight is 176 g/mol. The summed E-state index contributed by atoms with van der Waals surface area (Å²) in [6.45, 7) is 0. The smallest absolute Gasteiger partial charge is 0.169 e. The summed E-state index contributed by atoms with van der Waals surface area (Å²) in [5.41, 5.74) is 5.78. The van der Waals surface area contributed by atoms with Gasteiger partial charge in [-0.3, -0.25) is 5.41 Å². The van der Waals surface area contributed by atoms with E-state index in [4.69, 9.17) is 20.7 Å². The first-order valence-electron chi connectivity index (χ1n) is 3.74. The fourth-order valence-corrected chi connectivity index (χ4v) is 1.15. The summed E-state index contributed by atoms with van der Waals surface area (Å²) >= 11 is 0. The molecule has 0 atom stereocenters. The van der Waals surface area contributed by atoms with Gasteiger partial charge >= 0.3 is 0 Å². The Hall–Kier alpha value is -1.97. The number of hydrogen-bond acceptors (Lipinski definition) is 3. The number of nitrogens with two attached hydrogens (primary N) is 1. The lowest BCUT2D eigenvalue weighted by Gasteiger charge is -1.89. The van der Waals surface area contributed by atoms with Crippen LogP contribution in [0.5, 0.6) is 5.75 Å². The van der Waals surface area contributed by atoms with Crippen molar-refractivity contribution in [3.8, 4) is 5.75 Å². The lowest BCUT2D eigenvalue weighted by molar-refractivity contribution is 0.474. The van der Waals surface area contributed by atoms with Crippen LogP contribution >= 0.6 is 0 Å². The summed E-state index contributed by atoms with van der Waals surface area (Å²) in [5.74, 6) is 0.341. The van der Waals surface area contributed by atoms with E-state index in [2.05, 4.69) is 0 Å². The molecule has 1 heterocycles. The van der Waals surface area contributed by atoms with Gasteiger partial charge in [-0.05, 0) is 18.2 Å². The molecule has 0 bridgehead atoms. The summed E-state index contributed by atoms with van der Waals surface area (Å²) in [5, 5.41) is 17.1. The predicted molar refractivity (Wildman–Crippen MR) is 48.9 cm³/mol. The van der Waals surface area contributed by atoms with Crippen LogP contribution in [0.3, 0.4) is 0 Å². The lowest BCUT2D eigenvalue weighted by atomic mass is 10.2. The van der Waals surface area contributed by atoms with Crippen LogP contribution < -0.4 is 5.73 Å². The molecule has 4 heteroatoms. The topological polar surface area (TPSA) is 83.2 Å². The maximum Gasteiger partial charge on any atom is 0.169 e. The number of benzene rings is 1. The van der Waals surface area contributed by atoms with Crippen LogP contribution in [0.15, 0.2) is 28.7 Å². The zero-order valence-corrected chi connectivity index (χ0v) is 6.74. The number of hydrogen-bond donors (Lipinski definition) is 3. The lowest BCUT2D eigenvalue weighted by Crippen LogP contribution is -2.09. The van der Waals surface area contributed by atoms with Crippen LogP contribution in [0, 0.1) is 5.41 Å². The van der Waals surface area contributed by atoms with Gasteiger partial charge in [0.1, 0.15) is 11.3 Å². The Labute approximate surface area is 74.1 Å². The van der Waals surface area contributed by atoms with Gasteiger partial charge in [0, 0.05) is 11.5 Å². The number of phenolic OH excluding ortho intramolecular Hbond substituents is 1. The van der Waals surface area contributed by atoms with Crippen molar-refractivity contribution >= 4 is 16.8 Å². The van der Waals surface area contributed by atoms with Gasteiger partial charge in [-0.1, -0.05) is 0 Å². The molecule has 0 saturated carbocycles. The molecular weight excluding hydrogens is 168 g/mol. The van der Waals surface area contributed by atoms with E-state index >= 15 is 0 Å². The normalized spacial score (nSPS) is 10.5. The first-order chi connectivity index (χ1) is 6.16. The number of furan rings is 1. The van der Waals surface area contributed by atoms with Crippen molar-refractivity contribution in [1.82, 2.24) is 0 Å². The highest BCUT2D eigenvalue weighted by atomic mass is 16.3. The maximum atomic E-state index is 9.13. The number of nitrogen functional groups attached to an aromatic ring is 1. The Morgan fingerprint density at radius 2 is 2.15 bits per heavy atom. The summed E-state index contributed by atoms with van der Waals surface area (Å²) in [4.78, 5) is 0. The third kappa shape index (κ3) is 1.22. The SMILES string of the molecule is N=C(N)c1cc2ccc(O)cc2o1. The van der Waals surface area contributed by atoms with Crippen molar-refractivity contribution in [2.75, 3.05) is 0 Å². The second kappa shape index (κ2) is 2.52. The van der Waals surface area contributed by atoms with Gasteiger partial charge in [-0.25, -0.2) is 0 Å². The van der Waals surface area contributed by atoms with Crippen LogP contribution in [0.4, 0.5) is 0 Å². The van der Waals surface area contributed by atoms with Gasteiger partial charge in [0.2, 0.25) is 0 Å². The molecule has 2 aromatic rings. The number of aromatic hydroxyl groups is 1. The number of amidine groups is 1. The molecule has 0 fully saturated rings. The van der Waals surface area contributed by atoms with Crippen molar-refractivity contribution in [1.29, 1.82) is 5.41 Å². The zero-order valence-electron chi connectivity index (χ0n) is 6.74. The highest BCUT2D eigenvalue weighted by Crippen LogP contribution is 2.22. The van der Waals surface area contributed by atoms with Crippen LogP contribution in [-0.4, -0.2) is 10.9 Å². The molecule has 0 aliphatic carbocycles. The summed E-state index contributed by atoms with van der Waals surface area (Å²) < 4.78 is 5.20. The molecule has 0 spiro atoms. The number of rotatable bonds is 1. The van der Waals surface area contributed by atoms with Gasteiger partial charge in [0.15, 0.2) is 11.6 Å². The highest BCUT2D eigenvalue weighted by molar-refractivity contribution is 5.96. The van der Waals surface area contributed by atoms with Gasteiger partial charge < -0.3 is 15.3 Å². The van der Waals surface area contributed by atoms with Crippen LogP contribution in [0.1, 0.15) is 5.76 Å². The highest BCUT2D eigenvalue weighted by Gasteiger charge is 2.05. The van der Waals surface area contributed by atoms with Crippen LogP contribution in [0.2, 0.25) is 0 Å². The zero-order chi connectivity index (χ0) is 9.42. The first kappa shape index (κ1) is 7.67. The van der Waals surface area contributed by atoms with Crippen molar-refractivity contribution < 1.29 is 9.52 Å². The van der Waals surface area contributed by atoms with E-state index in [1.54, 1.807) is 18.2 Å². The predicted octanol–water partition coefficient (Wildman–Crippen LogP) is 1.42. The number of phenols is 1. The fraction of sp³-hybridized carbons (Fsp3) is 0. The second-order valence-electron chi connectivity index (χ2n) is 2.75. The minimum Gasteiger partial charge on any atom is -0.508 e. The van der Waals surface area contributed by atoms with Gasteiger partial charge in [-0.15, -0.1) is 0 Å². The molecule has 0 unspecified atom stereocenters. The van der Waals surface area contributed by atoms with E-state index in [0.717, 1.165) is 5.39 Å². The quantitative estimate of drug-likeness (QED) is 0.454. The van der Waals surface area contributed by atoms with Crippen molar-refractivity contribution in [2.45, 2.75) is 0 Å². The van der Waals surface area contributed by atoms with E-state index in [1.807, 2.05) is 0 Å². The van der Waals surface area contributed by atoms with Gasteiger partial charge in [0.25, 0.3) is 0 Å². The summed E-state index contributed by atoms with van der Waals surface area (Å²) in [7, 11) is 0. The molecule has 0 saturated heterocycles. The third-order valence-corrected chi connectivity index (χ3v) is 1.77. The molecule has 4 nitrogen and oxygen atoms in total. The van der Waals surface area contributed by atoms with E-state index in [1.165, 1.54) is 6.07 Å². The Bertz CT molecular complexity index is 473. The van der Waals surface area contributed by atoms with E-state index in [-0.39, 0.29) is 11.6 Å². The van der Waals surface area contributed by atoms with Crippen LogP contribution in [-0.2, 0) is 0 Å². The Morgan fingerprint density at radius 3 is 2.85 bits per heavy atom. The minimum atomic E-state index is -0.115. The molecule has 4 N–H and O–H groups in total. The van der Waals surface area contributed by atoms with E-state index < -0.39 is 0 Å². The molecule has 2 rings (SSSR count). The van der Waals surface area contributed by atoms with E-state index in [9.17, 15) is 0 Å². The molecule has 13 heavy (non-hydrogen) atoms. The van der Waals surface area contributed by atoms with Crippen molar-refractivity contribution in [2.24, 2.45) is 5.73 Å². The maximum absolute atomic E-state index is 9.13. The van der Waals surface area contributed by atoms with E-state index in [0.29, 0.717) is 11.3 Å². The van der Waals surface area contributed by atoms with Gasteiger partial charge in [0.05, 0.1) is 0 Å². The summed E-state index contributed by atoms with van der Waals surface area (Å²) in [6, 6.07) is 6.42. The number of fused-ring (bicyclic) bond motifs is 1. The molecule has 0 radical (unpaired) electrons. The monoisotopic (exact) mass is 176 g/mol. The third-order valence-electron chi connectivity index (χ3n) is 1.77. The fourth-order valence-electron chi connectivity index (χ4n) is 1.15. The average Bonchev–Trinajstić information content (AvgIpc) is 2.46. The molecule has 1 aromatic carbocycles. The molecule has 0 aliphatic heterocycles. The molecular formula is C9H8N2O2. The molecule has 66 valence electrons. The first-order valence-corrected chi connectivity index (χ1v) is 3.74. The Balaban J connectivity index is 2.68. The Morgan fingerprint density at radius 1 is 1.38 bits per heavy atom. The Kier molecular flexibility index (Phi) is 1.48.